The van der Waals surface area contributed by atoms with Gasteiger partial charge in [-0.1, -0.05) is 39.0 Å². The van der Waals surface area contributed by atoms with Gasteiger partial charge >= 0.3 is 0 Å². The van der Waals surface area contributed by atoms with E-state index in [2.05, 4.69) is 48.5 Å². The van der Waals surface area contributed by atoms with Crippen molar-refractivity contribution in [2.24, 2.45) is 0 Å². The molecular formula is C17H22N2O. The Kier molecular flexibility index (Phi) is 3.28. The number of nitrogens with zero attached hydrogens (tertiary/aromatic N) is 2. The standard InChI is InChI=1S/C17H22N2O/c1-17(2,3)15-6-4-5-7-16(15)20-11-14-10-18-12-19(14)13-8-9-13/h4-7,10,12-13H,8-9,11H2,1-3H3. The summed E-state index contributed by atoms with van der Waals surface area (Å²) in [5.41, 5.74) is 2.50. The van der Waals surface area contributed by atoms with E-state index in [4.69, 9.17) is 4.74 Å². The van der Waals surface area contributed by atoms with Crippen molar-refractivity contribution < 1.29 is 4.74 Å². The molecule has 20 heavy (non-hydrogen) atoms. The van der Waals surface area contributed by atoms with Crippen molar-refractivity contribution in [1.29, 1.82) is 0 Å². The van der Waals surface area contributed by atoms with Crippen LogP contribution in [-0.2, 0) is 12.0 Å². The number of benzene rings is 1. The van der Waals surface area contributed by atoms with E-state index in [0.29, 0.717) is 12.6 Å². The van der Waals surface area contributed by atoms with E-state index in [9.17, 15) is 0 Å². The molecule has 0 spiro atoms. The fourth-order valence-electron chi connectivity index (χ4n) is 2.49. The first-order valence-electron chi connectivity index (χ1n) is 7.29. The molecule has 1 aliphatic carbocycles. The molecule has 0 radical (unpaired) electrons. The Hall–Kier alpha value is -1.77. The Morgan fingerprint density at radius 2 is 2.00 bits per heavy atom. The summed E-state index contributed by atoms with van der Waals surface area (Å²) in [5, 5.41) is 0. The van der Waals surface area contributed by atoms with Crippen molar-refractivity contribution in [3.05, 3.63) is 48.0 Å². The monoisotopic (exact) mass is 270 g/mol. The molecule has 1 aromatic heterocycles. The lowest BCUT2D eigenvalue weighted by Gasteiger charge is -2.22. The molecule has 1 heterocycles. The van der Waals surface area contributed by atoms with Crippen molar-refractivity contribution in [2.75, 3.05) is 0 Å². The van der Waals surface area contributed by atoms with Crippen LogP contribution in [0.2, 0.25) is 0 Å². The van der Waals surface area contributed by atoms with Crippen molar-refractivity contribution in [1.82, 2.24) is 9.55 Å². The summed E-state index contributed by atoms with van der Waals surface area (Å²) >= 11 is 0. The van der Waals surface area contributed by atoms with E-state index in [-0.39, 0.29) is 5.41 Å². The number of imidazole rings is 1. The molecule has 1 aromatic carbocycles. The van der Waals surface area contributed by atoms with Crippen LogP contribution in [0.25, 0.3) is 0 Å². The zero-order valence-corrected chi connectivity index (χ0v) is 12.5. The Labute approximate surface area is 120 Å². The molecule has 0 unspecified atom stereocenters. The second kappa shape index (κ2) is 4.97. The van der Waals surface area contributed by atoms with Crippen molar-refractivity contribution in [3.8, 4) is 5.75 Å². The van der Waals surface area contributed by atoms with E-state index in [1.54, 1.807) is 0 Å². The highest BCUT2D eigenvalue weighted by Gasteiger charge is 2.25. The molecule has 0 bridgehead atoms. The lowest BCUT2D eigenvalue weighted by atomic mass is 9.86. The maximum absolute atomic E-state index is 6.07. The van der Waals surface area contributed by atoms with Crippen molar-refractivity contribution in [2.45, 2.75) is 51.7 Å². The third kappa shape index (κ3) is 2.72. The molecule has 2 aromatic rings. The highest BCUT2D eigenvalue weighted by Crippen LogP contribution is 2.36. The lowest BCUT2D eigenvalue weighted by molar-refractivity contribution is 0.287. The molecule has 1 fully saturated rings. The molecule has 3 rings (SSSR count). The summed E-state index contributed by atoms with van der Waals surface area (Å²) < 4.78 is 8.32. The summed E-state index contributed by atoms with van der Waals surface area (Å²) in [6.45, 7) is 7.22. The van der Waals surface area contributed by atoms with Gasteiger partial charge in [-0.3, -0.25) is 0 Å². The Balaban J connectivity index is 1.77. The minimum Gasteiger partial charge on any atom is -0.487 e. The van der Waals surface area contributed by atoms with Crippen molar-refractivity contribution >= 4 is 0 Å². The number of aromatic nitrogens is 2. The average molecular weight is 270 g/mol. The molecule has 0 aliphatic heterocycles. The molecule has 0 saturated heterocycles. The van der Waals surface area contributed by atoms with Crippen LogP contribution < -0.4 is 4.74 Å². The quantitative estimate of drug-likeness (QED) is 0.836. The van der Waals surface area contributed by atoms with Crippen LogP contribution in [0.5, 0.6) is 5.75 Å². The largest absolute Gasteiger partial charge is 0.487 e. The normalized spacial score (nSPS) is 15.3. The van der Waals surface area contributed by atoms with E-state index >= 15 is 0 Å². The molecular weight excluding hydrogens is 248 g/mol. The molecule has 0 atom stereocenters. The summed E-state index contributed by atoms with van der Waals surface area (Å²) in [4.78, 5) is 4.25. The molecule has 1 aliphatic rings. The Bertz CT molecular complexity index is 591. The molecule has 1 saturated carbocycles. The maximum Gasteiger partial charge on any atom is 0.130 e. The van der Waals surface area contributed by atoms with Crippen LogP contribution in [0.3, 0.4) is 0 Å². The van der Waals surface area contributed by atoms with Crippen LogP contribution in [0.1, 0.15) is 50.9 Å². The zero-order chi connectivity index (χ0) is 14.2. The maximum atomic E-state index is 6.07. The van der Waals surface area contributed by atoms with Gasteiger partial charge in [0, 0.05) is 6.04 Å². The van der Waals surface area contributed by atoms with Gasteiger partial charge in [0.1, 0.15) is 12.4 Å². The number of hydrogen-bond acceptors (Lipinski definition) is 2. The third-order valence-corrected chi connectivity index (χ3v) is 3.76. The summed E-state index contributed by atoms with van der Waals surface area (Å²) in [5.74, 6) is 0.976. The number of para-hydroxylation sites is 1. The summed E-state index contributed by atoms with van der Waals surface area (Å²) in [6, 6.07) is 8.95. The van der Waals surface area contributed by atoms with E-state index in [1.165, 1.54) is 18.4 Å². The van der Waals surface area contributed by atoms with Crippen molar-refractivity contribution in [3.63, 3.8) is 0 Å². The second-order valence-electron chi connectivity index (χ2n) is 6.56. The van der Waals surface area contributed by atoms with E-state index in [1.807, 2.05) is 18.6 Å². The average Bonchev–Trinajstić information content (AvgIpc) is 3.15. The molecule has 3 heteroatoms. The van der Waals surface area contributed by atoms with Crippen LogP contribution in [0, 0.1) is 0 Å². The number of hydrogen-bond donors (Lipinski definition) is 0. The first kappa shape index (κ1) is 13.2. The molecule has 3 nitrogen and oxygen atoms in total. The zero-order valence-electron chi connectivity index (χ0n) is 12.5. The van der Waals surface area contributed by atoms with Gasteiger partial charge in [-0.05, 0) is 29.9 Å². The summed E-state index contributed by atoms with van der Waals surface area (Å²) in [6.07, 6.45) is 6.37. The lowest BCUT2D eigenvalue weighted by Crippen LogP contribution is -2.13. The highest BCUT2D eigenvalue weighted by atomic mass is 16.5. The SMILES string of the molecule is CC(C)(C)c1ccccc1OCc1cncn1C1CC1. The topological polar surface area (TPSA) is 27.1 Å². The van der Waals surface area contributed by atoms with Gasteiger partial charge in [0.05, 0.1) is 18.2 Å². The van der Waals surface area contributed by atoms with Gasteiger partial charge in [-0.15, -0.1) is 0 Å². The molecule has 0 amide bonds. The van der Waals surface area contributed by atoms with Crippen LogP contribution >= 0.6 is 0 Å². The first-order valence-corrected chi connectivity index (χ1v) is 7.29. The molecule has 0 N–H and O–H groups in total. The van der Waals surface area contributed by atoms with Crippen LogP contribution in [-0.4, -0.2) is 9.55 Å². The van der Waals surface area contributed by atoms with Gasteiger partial charge in [-0.25, -0.2) is 4.98 Å². The third-order valence-electron chi connectivity index (χ3n) is 3.76. The fraction of sp³-hybridized carbons (Fsp3) is 0.471. The van der Waals surface area contributed by atoms with Gasteiger partial charge in [0.2, 0.25) is 0 Å². The fourth-order valence-corrected chi connectivity index (χ4v) is 2.49. The highest BCUT2D eigenvalue weighted by molar-refractivity contribution is 5.38. The minimum absolute atomic E-state index is 0.0906. The smallest absolute Gasteiger partial charge is 0.130 e. The van der Waals surface area contributed by atoms with Gasteiger partial charge in [0.15, 0.2) is 0 Å². The minimum atomic E-state index is 0.0906. The second-order valence-corrected chi connectivity index (χ2v) is 6.56. The Morgan fingerprint density at radius 3 is 2.70 bits per heavy atom. The van der Waals surface area contributed by atoms with Gasteiger partial charge in [0.25, 0.3) is 0 Å². The summed E-state index contributed by atoms with van der Waals surface area (Å²) in [7, 11) is 0. The number of rotatable bonds is 4. The van der Waals surface area contributed by atoms with E-state index in [0.717, 1.165) is 11.4 Å². The van der Waals surface area contributed by atoms with Gasteiger partial charge < -0.3 is 9.30 Å². The number of ether oxygens (including phenoxy) is 1. The van der Waals surface area contributed by atoms with Crippen LogP contribution in [0.4, 0.5) is 0 Å². The Morgan fingerprint density at radius 1 is 1.25 bits per heavy atom. The van der Waals surface area contributed by atoms with E-state index < -0.39 is 0 Å². The van der Waals surface area contributed by atoms with Gasteiger partial charge in [-0.2, -0.15) is 0 Å². The molecule has 106 valence electrons. The predicted octanol–water partition coefficient (Wildman–Crippen LogP) is 4.09. The first-order chi connectivity index (χ1) is 9.55. The van der Waals surface area contributed by atoms with Crippen LogP contribution in [0.15, 0.2) is 36.8 Å². The predicted molar refractivity (Wildman–Crippen MR) is 80.0 cm³/mol.